The zero-order valence-electron chi connectivity index (χ0n) is 16.0. The number of hydrogen-bond acceptors (Lipinski definition) is 4. The molecule has 0 spiro atoms. The standard InChI is InChI=1S/C20H29N3O3/c1-20(2,3)22-18(24)14-16-19(25)21-11-13-23(16)12-7-9-15-8-5-6-10-17(15)26-4/h5-10,16H,11-14H2,1-4H3,(H,21,25)(H,22,24)/b9-7+/t16-/m0/s1. The summed E-state index contributed by atoms with van der Waals surface area (Å²) in [5, 5.41) is 5.78. The molecule has 1 aromatic rings. The van der Waals surface area contributed by atoms with Crippen molar-refractivity contribution in [3.05, 3.63) is 35.9 Å². The first-order valence-electron chi connectivity index (χ1n) is 8.92. The Bertz CT molecular complexity index is 665. The molecule has 26 heavy (non-hydrogen) atoms. The Morgan fingerprint density at radius 1 is 1.38 bits per heavy atom. The van der Waals surface area contributed by atoms with Crippen LogP contribution in [0.1, 0.15) is 32.8 Å². The van der Waals surface area contributed by atoms with Crippen molar-refractivity contribution in [1.29, 1.82) is 0 Å². The lowest BCUT2D eigenvalue weighted by Crippen LogP contribution is -2.57. The number of piperazine rings is 1. The predicted molar refractivity (Wildman–Crippen MR) is 103 cm³/mol. The fraction of sp³-hybridized carbons (Fsp3) is 0.500. The highest BCUT2D eigenvalue weighted by molar-refractivity contribution is 5.89. The highest BCUT2D eigenvalue weighted by Gasteiger charge is 2.31. The van der Waals surface area contributed by atoms with Crippen LogP contribution in [-0.2, 0) is 9.59 Å². The van der Waals surface area contributed by atoms with Gasteiger partial charge in [0, 0.05) is 30.7 Å². The Morgan fingerprint density at radius 2 is 2.12 bits per heavy atom. The molecular weight excluding hydrogens is 330 g/mol. The van der Waals surface area contributed by atoms with E-state index >= 15 is 0 Å². The fourth-order valence-electron chi connectivity index (χ4n) is 2.97. The van der Waals surface area contributed by atoms with E-state index in [0.717, 1.165) is 17.9 Å². The molecule has 0 saturated carbocycles. The van der Waals surface area contributed by atoms with E-state index in [0.29, 0.717) is 13.1 Å². The van der Waals surface area contributed by atoms with Crippen LogP contribution in [0.2, 0.25) is 0 Å². The first-order valence-corrected chi connectivity index (χ1v) is 8.92. The van der Waals surface area contributed by atoms with Gasteiger partial charge in [0.25, 0.3) is 0 Å². The van der Waals surface area contributed by atoms with Gasteiger partial charge < -0.3 is 15.4 Å². The summed E-state index contributed by atoms with van der Waals surface area (Å²) in [6, 6.07) is 7.32. The first kappa shape index (κ1) is 20.0. The molecule has 0 unspecified atom stereocenters. The van der Waals surface area contributed by atoms with Crippen molar-refractivity contribution in [2.45, 2.75) is 38.8 Å². The largest absolute Gasteiger partial charge is 0.496 e. The summed E-state index contributed by atoms with van der Waals surface area (Å²) in [7, 11) is 1.64. The molecule has 1 aliphatic rings. The third-order valence-electron chi connectivity index (χ3n) is 4.11. The number of ether oxygens (including phenoxy) is 1. The van der Waals surface area contributed by atoms with E-state index in [4.69, 9.17) is 4.74 Å². The SMILES string of the molecule is COc1ccccc1/C=C/CN1CCNC(=O)[C@@H]1CC(=O)NC(C)(C)C. The van der Waals surface area contributed by atoms with Crippen LogP contribution in [0.15, 0.2) is 30.3 Å². The summed E-state index contributed by atoms with van der Waals surface area (Å²) < 4.78 is 5.34. The van der Waals surface area contributed by atoms with Crippen molar-refractivity contribution in [2.75, 3.05) is 26.7 Å². The van der Waals surface area contributed by atoms with Crippen molar-refractivity contribution in [3.8, 4) is 5.75 Å². The van der Waals surface area contributed by atoms with Crippen LogP contribution < -0.4 is 15.4 Å². The molecule has 2 amide bonds. The number of hydrogen-bond donors (Lipinski definition) is 2. The molecule has 1 aromatic carbocycles. The predicted octanol–water partition coefficient (Wildman–Crippen LogP) is 1.81. The minimum atomic E-state index is -0.451. The lowest BCUT2D eigenvalue weighted by Gasteiger charge is -2.34. The second-order valence-electron chi connectivity index (χ2n) is 7.45. The summed E-state index contributed by atoms with van der Waals surface area (Å²) >= 11 is 0. The average Bonchev–Trinajstić information content (AvgIpc) is 2.56. The lowest BCUT2D eigenvalue weighted by molar-refractivity contribution is -0.134. The third kappa shape index (κ3) is 5.88. The summed E-state index contributed by atoms with van der Waals surface area (Å²) in [5.41, 5.74) is 0.676. The van der Waals surface area contributed by atoms with Gasteiger partial charge in [0.15, 0.2) is 0 Å². The van der Waals surface area contributed by atoms with Crippen LogP contribution >= 0.6 is 0 Å². The number of para-hydroxylation sites is 1. The molecule has 0 aromatic heterocycles. The summed E-state index contributed by atoms with van der Waals surface area (Å²) in [6.45, 7) is 7.70. The molecule has 1 aliphatic heterocycles. The fourth-order valence-corrected chi connectivity index (χ4v) is 2.97. The molecule has 1 fully saturated rings. The van der Waals surface area contributed by atoms with Crippen LogP contribution in [0.3, 0.4) is 0 Å². The van der Waals surface area contributed by atoms with Gasteiger partial charge in [-0.15, -0.1) is 0 Å². The molecular formula is C20H29N3O3. The van der Waals surface area contributed by atoms with Crippen LogP contribution in [-0.4, -0.2) is 55.0 Å². The second kappa shape index (κ2) is 8.85. The maximum absolute atomic E-state index is 12.3. The van der Waals surface area contributed by atoms with E-state index in [1.54, 1.807) is 7.11 Å². The Hall–Kier alpha value is -2.34. The summed E-state index contributed by atoms with van der Waals surface area (Å²) in [5.74, 6) is 0.602. The molecule has 0 bridgehead atoms. The normalized spacial score (nSPS) is 18.6. The lowest BCUT2D eigenvalue weighted by atomic mass is 10.1. The van der Waals surface area contributed by atoms with E-state index in [1.807, 2.05) is 62.1 Å². The topological polar surface area (TPSA) is 70.7 Å². The van der Waals surface area contributed by atoms with Crippen molar-refractivity contribution >= 4 is 17.9 Å². The summed E-state index contributed by atoms with van der Waals surface area (Å²) in [6.07, 6.45) is 4.15. The van der Waals surface area contributed by atoms with Gasteiger partial charge in [-0.25, -0.2) is 0 Å². The van der Waals surface area contributed by atoms with Gasteiger partial charge >= 0.3 is 0 Å². The van der Waals surface area contributed by atoms with E-state index in [1.165, 1.54) is 0 Å². The van der Waals surface area contributed by atoms with Crippen LogP contribution in [0.4, 0.5) is 0 Å². The maximum Gasteiger partial charge on any atom is 0.237 e. The first-order chi connectivity index (χ1) is 12.3. The molecule has 0 aliphatic carbocycles. The second-order valence-corrected chi connectivity index (χ2v) is 7.45. The van der Waals surface area contributed by atoms with E-state index < -0.39 is 6.04 Å². The Balaban J connectivity index is 2.02. The van der Waals surface area contributed by atoms with Gasteiger partial charge in [0.1, 0.15) is 5.75 Å². The number of benzene rings is 1. The number of nitrogens with zero attached hydrogens (tertiary/aromatic N) is 1. The number of amides is 2. The van der Waals surface area contributed by atoms with Crippen molar-refractivity contribution in [2.24, 2.45) is 0 Å². The monoisotopic (exact) mass is 359 g/mol. The van der Waals surface area contributed by atoms with Gasteiger partial charge in [-0.1, -0.05) is 30.4 Å². The van der Waals surface area contributed by atoms with Crippen LogP contribution in [0, 0.1) is 0 Å². The molecule has 142 valence electrons. The Kier molecular flexibility index (Phi) is 6.80. The highest BCUT2D eigenvalue weighted by Crippen LogP contribution is 2.19. The zero-order valence-corrected chi connectivity index (χ0v) is 16.0. The summed E-state index contributed by atoms with van der Waals surface area (Å²) in [4.78, 5) is 26.5. The number of carbonyl (C=O) groups is 2. The number of rotatable bonds is 6. The van der Waals surface area contributed by atoms with Crippen molar-refractivity contribution in [3.63, 3.8) is 0 Å². The maximum atomic E-state index is 12.3. The van der Waals surface area contributed by atoms with Crippen molar-refractivity contribution in [1.82, 2.24) is 15.5 Å². The van der Waals surface area contributed by atoms with Gasteiger partial charge in [-0.3, -0.25) is 14.5 Å². The quantitative estimate of drug-likeness (QED) is 0.813. The van der Waals surface area contributed by atoms with Gasteiger partial charge in [-0.05, 0) is 26.8 Å². The van der Waals surface area contributed by atoms with Crippen LogP contribution in [0.25, 0.3) is 6.08 Å². The minimum Gasteiger partial charge on any atom is -0.496 e. The molecule has 1 saturated heterocycles. The smallest absolute Gasteiger partial charge is 0.237 e. The highest BCUT2D eigenvalue weighted by atomic mass is 16.5. The number of carbonyl (C=O) groups excluding carboxylic acids is 2. The Morgan fingerprint density at radius 3 is 2.81 bits per heavy atom. The molecule has 6 heteroatoms. The molecule has 1 atom stereocenters. The van der Waals surface area contributed by atoms with Crippen molar-refractivity contribution < 1.29 is 14.3 Å². The zero-order chi connectivity index (χ0) is 19.2. The molecule has 0 radical (unpaired) electrons. The Labute approximate surface area is 155 Å². The molecule has 1 heterocycles. The number of methoxy groups -OCH3 is 1. The van der Waals surface area contributed by atoms with E-state index in [2.05, 4.69) is 10.6 Å². The van der Waals surface area contributed by atoms with Gasteiger partial charge in [0.2, 0.25) is 11.8 Å². The minimum absolute atomic E-state index is 0.0917. The van der Waals surface area contributed by atoms with Gasteiger partial charge in [-0.2, -0.15) is 0 Å². The van der Waals surface area contributed by atoms with Crippen LogP contribution in [0.5, 0.6) is 5.75 Å². The molecule has 2 N–H and O–H groups in total. The average molecular weight is 359 g/mol. The molecule has 6 nitrogen and oxygen atoms in total. The number of nitrogens with one attached hydrogen (secondary N) is 2. The van der Waals surface area contributed by atoms with Gasteiger partial charge in [0.05, 0.1) is 19.6 Å². The van der Waals surface area contributed by atoms with E-state index in [-0.39, 0.29) is 23.8 Å². The van der Waals surface area contributed by atoms with E-state index in [9.17, 15) is 9.59 Å². The third-order valence-corrected chi connectivity index (χ3v) is 4.11. The molecule has 2 rings (SSSR count).